The lowest BCUT2D eigenvalue weighted by atomic mass is 9.90. The highest BCUT2D eigenvalue weighted by Crippen LogP contribution is 2.33. The van der Waals surface area contributed by atoms with Crippen molar-refractivity contribution in [2.24, 2.45) is 0 Å². The third kappa shape index (κ3) is 4.09. The van der Waals surface area contributed by atoms with Gasteiger partial charge in [0, 0.05) is 12.4 Å². The number of nitrogens with zero attached hydrogens (tertiary/aromatic N) is 3. The number of rotatable bonds is 7. The van der Waals surface area contributed by atoms with Crippen LogP contribution < -0.4 is 4.74 Å². The maximum atomic E-state index is 12.8. The predicted molar refractivity (Wildman–Crippen MR) is 93.7 cm³/mol. The summed E-state index contributed by atoms with van der Waals surface area (Å²) in [4.78, 5) is 15.2. The fourth-order valence-electron chi connectivity index (χ4n) is 3.12. The molecule has 0 radical (unpaired) electrons. The molecule has 2 aromatic rings. The molecule has 0 atom stereocenters. The molecule has 0 saturated heterocycles. The Hall–Kier alpha value is -2.28. The fourth-order valence-corrected chi connectivity index (χ4v) is 3.32. The molecule has 1 aliphatic carbocycles. The number of pyridine rings is 1. The second-order valence-corrected chi connectivity index (χ2v) is 6.43. The van der Waals surface area contributed by atoms with Crippen molar-refractivity contribution in [1.29, 1.82) is 0 Å². The third-order valence-corrected chi connectivity index (χ3v) is 4.64. The lowest BCUT2D eigenvalue weighted by molar-refractivity contribution is 0.111. The van der Waals surface area contributed by atoms with Crippen molar-refractivity contribution in [1.82, 2.24) is 14.8 Å². The molecule has 26 heavy (non-hydrogen) atoms. The van der Waals surface area contributed by atoms with Crippen molar-refractivity contribution >= 4 is 23.5 Å². The van der Waals surface area contributed by atoms with E-state index in [1.54, 1.807) is 6.07 Å². The van der Waals surface area contributed by atoms with Crippen LogP contribution in [0, 0.1) is 0 Å². The zero-order valence-corrected chi connectivity index (χ0v) is 14.8. The Bertz CT molecular complexity index is 821. The molecule has 8 heteroatoms. The van der Waals surface area contributed by atoms with Gasteiger partial charge in [0.2, 0.25) is 0 Å². The van der Waals surface area contributed by atoms with E-state index in [2.05, 4.69) is 10.1 Å². The standard InChI is InChI=1S/C18H18ClF2N3O2/c19-15-7-22-8-17(14(15)10-25)26-11-12-3-1-2-4-13(12)16-5-6-23-24(16)9-18(20)21/h5-8,10,18H,1-4,9,11H2. The first-order valence-corrected chi connectivity index (χ1v) is 8.70. The molecular formula is C18H18ClF2N3O2. The summed E-state index contributed by atoms with van der Waals surface area (Å²) in [5.41, 5.74) is 2.95. The molecule has 1 aliphatic rings. The highest BCUT2D eigenvalue weighted by molar-refractivity contribution is 6.33. The largest absolute Gasteiger partial charge is 0.487 e. The summed E-state index contributed by atoms with van der Waals surface area (Å²) < 4.78 is 32.7. The second kappa shape index (κ2) is 8.40. The van der Waals surface area contributed by atoms with E-state index in [1.807, 2.05) is 0 Å². The topological polar surface area (TPSA) is 57.0 Å². The van der Waals surface area contributed by atoms with Crippen molar-refractivity contribution in [2.75, 3.05) is 6.61 Å². The van der Waals surface area contributed by atoms with Crippen LogP contribution in [0.3, 0.4) is 0 Å². The number of aromatic nitrogens is 3. The Morgan fingerprint density at radius 1 is 1.31 bits per heavy atom. The number of allylic oxidation sites excluding steroid dienone is 1. The van der Waals surface area contributed by atoms with Crippen LogP contribution in [0.15, 0.2) is 30.2 Å². The highest BCUT2D eigenvalue weighted by Gasteiger charge is 2.20. The zero-order chi connectivity index (χ0) is 18.5. The summed E-state index contributed by atoms with van der Waals surface area (Å²) >= 11 is 5.96. The Kier molecular flexibility index (Phi) is 5.98. The summed E-state index contributed by atoms with van der Waals surface area (Å²) in [5, 5.41) is 4.24. The SMILES string of the molecule is O=Cc1c(Cl)cncc1OCC1=C(c2ccnn2CC(F)F)CCCC1. The van der Waals surface area contributed by atoms with E-state index in [-0.39, 0.29) is 17.2 Å². The van der Waals surface area contributed by atoms with Crippen molar-refractivity contribution < 1.29 is 18.3 Å². The number of hydrogen-bond acceptors (Lipinski definition) is 4. The van der Waals surface area contributed by atoms with Crippen molar-refractivity contribution in [3.8, 4) is 5.75 Å². The Morgan fingerprint density at radius 2 is 2.12 bits per heavy atom. The quantitative estimate of drug-likeness (QED) is 0.666. The third-order valence-electron chi connectivity index (χ3n) is 4.34. The van der Waals surface area contributed by atoms with Crippen molar-refractivity contribution in [3.63, 3.8) is 0 Å². The van der Waals surface area contributed by atoms with Gasteiger partial charge in [-0.15, -0.1) is 0 Å². The Morgan fingerprint density at radius 3 is 2.88 bits per heavy atom. The van der Waals surface area contributed by atoms with E-state index in [0.29, 0.717) is 17.7 Å². The van der Waals surface area contributed by atoms with Gasteiger partial charge in [-0.3, -0.25) is 14.5 Å². The van der Waals surface area contributed by atoms with Gasteiger partial charge in [0.25, 0.3) is 6.43 Å². The maximum absolute atomic E-state index is 12.8. The summed E-state index contributed by atoms with van der Waals surface area (Å²) in [6, 6.07) is 1.75. The van der Waals surface area contributed by atoms with Crippen LogP contribution in [0.4, 0.5) is 8.78 Å². The van der Waals surface area contributed by atoms with Crippen LogP contribution in [0.1, 0.15) is 41.7 Å². The van der Waals surface area contributed by atoms with E-state index >= 15 is 0 Å². The first-order chi connectivity index (χ1) is 12.6. The van der Waals surface area contributed by atoms with Crippen LogP contribution in [-0.4, -0.2) is 34.1 Å². The van der Waals surface area contributed by atoms with Gasteiger partial charge in [0.15, 0.2) is 6.29 Å². The summed E-state index contributed by atoms with van der Waals surface area (Å²) in [6.07, 6.45) is 6.09. The predicted octanol–water partition coefficient (Wildman–Crippen LogP) is 4.42. The average molecular weight is 382 g/mol. The molecule has 5 nitrogen and oxygen atoms in total. The molecule has 0 fully saturated rings. The summed E-state index contributed by atoms with van der Waals surface area (Å²) in [7, 11) is 0. The van der Waals surface area contributed by atoms with Gasteiger partial charge in [-0.2, -0.15) is 5.10 Å². The monoisotopic (exact) mass is 381 g/mol. The maximum Gasteiger partial charge on any atom is 0.257 e. The van der Waals surface area contributed by atoms with E-state index in [4.69, 9.17) is 16.3 Å². The molecule has 0 aliphatic heterocycles. The number of halogens is 3. The number of carbonyl (C=O) groups excluding carboxylic acids is 1. The molecule has 0 bridgehead atoms. The molecule has 0 unspecified atom stereocenters. The van der Waals surface area contributed by atoms with Crippen LogP contribution in [0.25, 0.3) is 5.57 Å². The number of alkyl halides is 2. The van der Waals surface area contributed by atoms with E-state index in [9.17, 15) is 13.6 Å². The molecule has 2 aromatic heterocycles. The van der Waals surface area contributed by atoms with Gasteiger partial charge in [-0.05, 0) is 42.9 Å². The lowest BCUT2D eigenvalue weighted by Crippen LogP contribution is -2.15. The Balaban J connectivity index is 1.86. The van der Waals surface area contributed by atoms with E-state index < -0.39 is 13.0 Å². The van der Waals surface area contributed by atoms with Crippen LogP contribution >= 0.6 is 11.6 Å². The number of ether oxygens (including phenoxy) is 1. The minimum atomic E-state index is -2.47. The average Bonchev–Trinajstić information content (AvgIpc) is 3.07. The van der Waals surface area contributed by atoms with Crippen LogP contribution in [0.5, 0.6) is 5.75 Å². The number of carbonyl (C=O) groups is 1. The molecule has 2 heterocycles. The van der Waals surface area contributed by atoms with E-state index in [1.165, 1.54) is 23.3 Å². The molecular weight excluding hydrogens is 364 g/mol. The molecule has 138 valence electrons. The van der Waals surface area contributed by atoms with Gasteiger partial charge in [0.1, 0.15) is 18.9 Å². The van der Waals surface area contributed by atoms with Gasteiger partial charge >= 0.3 is 0 Å². The molecule has 0 saturated carbocycles. The first-order valence-electron chi connectivity index (χ1n) is 8.33. The van der Waals surface area contributed by atoms with Crippen molar-refractivity contribution in [3.05, 3.63) is 46.5 Å². The smallest absolute Gasteiger partial charge is 0.257 e. The normalized spacial score (nSPS) is 14.8. The summed E-state index contributed by atoms with van der Waals surface area (Å²) in [6.45, 7) is -0.189. The Labute approximate surface area is 154 Å². The van der Waals surface area contributed by atoms with E-state index in [0.717, 1.165) is 36.8 Å². The zero-order valence-electron chi connectivity index (χ0n) is 14.0. The van der Waals surface area contributed by atoms with Gasteiger partial charge in [-0.25, -0.2) is 8.78 Å². The van der Waals surface area contributed by atoms with Gasteiger partial charge < -0.3 is 4.74 Å². The van der Waals surface area contributed by atoms with Crippen molar-refractivity contribution in [2.45, 2.75) is 38.7 Å². The highest BCUT2D eigenvalue weighted by atomic mass is 35.5. The molecule has 3 rings (SSSR count). The minimum Gasteiger partial charge on any atom is -0.487 e. The van der Waals surface area contributed by atoms with Gasteiger partial charge in [-0.1, -0.05) is 11.6 Å². The summed E-state index contributed by atoms with van der Waals surface area (Å²) in [5.74, 6) is 0.311. The van der Waals surface area contributed by atoms with Crippen LogP contribution in [0.2, 0.25) is 5.02 Å². The molecule has 0 N–H and O–H groups in total. The fraction of sp³-hybridized carbons (Fsp3) is 0.389. The van der Waals surface area contributed by atoms with Crippen LogP contribution in [-0.2, 0) is 6.54 Å². The number of aldehydes is 1. The minimum absolute atomic E-state index is 0.227. The first kappa shape index (κ1) is 18.5. The van der Waals surface area contributed by atoms with Gasteiger partial charge in [0.05, 0.1) is 22.5 Å². The molecule has 0 spiro atoms. The molecule has 0 aromatic carbocycles. The second-order valence-electron chi connectivity index (χ2n) is 6.02. The lowest BCUT2D eigenvalue weighted by Gasteiger charge is -2.22. The number of hydrogen-bond donors (Lipinski definition) is 0. The molecule has 0 amide bonds.